The molecule has 9 nitrogen and oxygen atoms in total. The molecular weight excluding hydrogens is 466 g/mol. The first-order valence-corrected chi connectivity index (χ1v) is 15.2. The van der Waals surface area contributed by atoms with Crippen molar-refractivity contribution in [2.45, 2.75) is 51.1 Å². The summed E-state index contributed by atoms with van der Waals surface area (Å²) in [4.78, 5) is 2.52. The molecule has 0 radical (unpaired) electrons. The number of hydrogen-bond acceptors (Lipinski definition) is 7. The van der Waals surface area contributed by atoms with Crippen LogP contribution in [-0.2, 0) is 26.5 Å². The van der Waals surface area contributed by atoms with E-state index in [1.54, 1.807) is 11.2 Å². The van der Waals surface area contributed by atoms with E-state index >= 15 is 0 Å². The highest BCUT2D eigenvalue weighted by Gasteiger charge is 2.46. The van der Waals surface area contributed by atoms with E-state index in [0.717, 1.165) is 50.3 Å². The van der Waals surface area contributed by atoms with Crippen LogP contribution in [0.3, 0.4) is 0 Å². The molecule has 11 heteroatoms. The Hall–Kier alpha value is -1.40. The van der Waals surface area contributed by atoms with Gasteiger partial charge in [0, 0.05) is 38.3 Å². The minimum atomic E-state index is -3.47. The second-order valence-electron chi connectivity index (χ2n) is 9.45. The minimum absolute atomic E-state index is 0.00460. The van der Waals surface area contributed by atoms with E-state index in [1.807, 2.05) is 0 Å². The first kappa shape index (κ1) is 23.3. The highest BCUT2D eigenvalue weighted by atomic mass is 32.2. The summed E-state index contributed by atoms with van der Waals surface area (Å²) in [5.41, 5.74) is 2.51. The van der Waals surface area contributed by atoms with Crippen LogP contribution in [0.4, 0.5) is 0 Å². The van der Waals surface area contributed by atoms with Gasteiger partial charge in [-0.25, -0.2) is 21.6 Å². The fourth-order valence-electron chi connectivity index (χ4n) is 5.84. The zero-order valence-corrected chi connectivity index (χ0v) is 20.7. The van der Waals surface area contributed by atoms with E-state index in [9.17, 15) is 16.8 Å². The van der Waals surface area contributed by atoms with E-state index in [-0.39, 0.29) is 43.3 Å². The number of benzene rings is 1. The molecule has 2 saturated heterocycles. The molecule has 0 bridgehead atoms. The van der Waals surface area contributed by atoms with Gasteiger partial charge >= 0.3 is 0 Å². The number of nitrogens with one attached hydrogen (secondary N) is 1. The van der Waals surface area contributed by atoms with Gasteiger partial charge in [-0.2, -0.15) is 4.31 Å². The van der Waals surface area contributed by atoms with Crippen LogP contribution in [0.15, 0.2) is 12.1 Å². The Labute approximate surface area is 196 Å². The molecule has 2 fully saturated rings. The molecule has 1 aromatic carbocycles. The lowest BCUT2D eigenvalue weighted by molar-refractivity contribution is 0.0219. The summed E-state index contributed by atoms with van der Waals surface area (Å²) in [6.07, 6.45) is 3.94. The number of sulfonamides is 2. The largest absolute Gasteiger partial charge is 0.454 e. The third-order valence-corrected chi connectivity index (χ3v) is 10.9. The van der Waals surface area contributed by atoms with Crippen molar-refractivity contribution in [1.82, 2.24) is 13.9 Å². The van der Waals surface area contributed by atoms with Gasteiger partial charge in [0.15, 0.2) is 11.5 Å². The summed E-state index contributed by atoms with van der Waals surface area (Å²) in [5.74, 6) is 1.87. The van der Waals surface area contributed by atoms with Crippen molar-refractivity contribution in [1.29, 1.82) is 0 Å². The number of fused-ring (bicyclic) bond motifs is 5. The molecule has 0 unspecified atom stereocenters. The van der Waals surface area contributed by atoms with E-state index in [2.05, 4.69) is 21.8 Å². The Bertz CT molecular complexity index is 1110. The van der Waals surface area contributed by atoms with E-state index in [1.165, 1.54) is 11.1 Å². The maximum atomic E-state index is 13.3. The van der Waals surface area contributed by atoms with Crippen molar-refractivity contribution in [3.05, 3.63) is 23.3 Å². The summed E-state index contributed by atoms with van der Waals surface area (Å²) < 4.78 is 65.2. The Kier molecular flexibility index (Phi) is 6.36. The maximum absolute atomic E-state index is 13.3. The molecule has 0 spiro atoms. The average Bonchev–Trinajstić information content (AvgIpc) is 3.26. The smallest absolute Gasteiger partial charge is 0.231 e. The molecular formula is C22H33N3O6S2. The molecule has 33 heavy (non-hydrogen) atoms. The van der Waals surface area contributed by atoms with E-state index in [0.29, 0.717) is 12.5 Å². The lowest BCUT2D eigenvalue weighted by Gasteiger charge is -2.51. The molecule has 4 heterocycles. The van der Waals surface area contributed by atoms with Gasteiger partial charge in [-0.1, -0.05) is 0 Å². The highest BCUT2D eigenvalue weighted by molar-refractivity contribution is 7.89. The fourth-order valence-corrected chi connectivity index (χ4v) is 8.32. The molecule has 0 aliphatic carbocycles. The van der Waals surface area contributed by atoms with Crippen LogP contribution in [0.5, 0.6) is 11.5 Å². The summed E-state index contributed by atoms with van der Waals surface area (Å²) >= 11 is 0. The topological polar surface area (TPSA) is 105 Å². The summed E-state index contributed by atoms with van der Waals surface area (Å²) in [7, 11) is -6.78. The van der Waals surface area contributed by atoms with E-state index in [4.69, 9.17) is 9.47 Å². The van der Waals surface area contributed by atoms with Gasteiger partial charge in [0.05, 0.1) is 11.5 Å². The Morgan fingerprint density at radius 3 is 2.70 bits per heavy atom. The van der Waals surface area contributed by atoms with E-state index < -0.39 is 20.0 Å². The molecule has 184 valence electrons. The Morgan fingerprint density at radius 1 is 1.12 bits per heavy atom. The van der Waals surface area contributed by atoms with Gasteiger partial charge in [0.1, 0.15) is 0 Å². The molecule has 5 rings (SSSR count). The van der Waals surface area contributed by atoms with Crippen LogP contribution in [0.1, 0.15) is 49.8 Å². The Balaban J connectivity index is 1.32. The summed E-state index contributed by atoms with van der Waals surface area (Å²) in [5, 5.41) is 0. The number of ether oxygens (including phenoxy) is 2. The zero-order valence-electron chi connectivity index (χ0n) is 19.0. The van der Waals surface area contributed by atoms with Crippen molar-refractivity contribution in [3.63, 3.8) is 0 Å². The SMILES string of the molecule is CCS(=O)(=O)NCCCS(=O)(=O)N1CCC[C@@H]2CN3CCc4cc5c(cc4[C@@H]3C[C@@H]21)OCO5. The lowest BCUT2D eigenvalue weighted by atomic mass is 9.77. The van der Waals surface area contributed by atoms with Crippen LogP contribution < -0.4 is 14.2 Å². The highest BCUT2D eigenvalue weighted by Crippen LogP contribution is 2.46. The van der Waals surface area contributed by atoms with Crippen LogP contribution in [0.2, 0.25) is 0 Å². The van der Waals surface area contributed by atoms with Crippen molar-refractivity contribution >= 4 is 20.0 Å². The number of hydrogen-bond donors (Lipinski definition) is 1. The minimum Gasteiger partial charge on any atom is -0.454 e. The predicted molar refractivity (Wildman–Crippen MR) is 124 cm³/mol. The van der Waals surface area contributed by atoms with Gasteiger partial charge in [0.2, 0.25) is 26.8 Å². The third-order valence-electron chi connectivity index (χ3n) is 7.54. The first-order chi connectivity index (χ1) is 15.8. The van der Waals surface area contributed by atoms with Gasteiger partial charge < -0.3 is 9.47 Å². The van der Waals surface area contributed by atoms with Gasteiger partial charge in [-0.15, -0.1) is 0 Å². The summed E-state index contributed by atoms with van der Waals surface area (Å²) in [6, 6.07) is 4.34. The molecule has 4 aliphatic rings. The maximum Gasteiger partial charge on any atom is 0.231 e. The predicted octanol–water partition coefficient (Wildman–Crippen LogP) is 1.46. The molecule has 0 aromatic heterocycles. The second-order valence-corrected chi connectivity index (χ2v) is 13.6. The quantitative estimate of drug-likeness (QED) is 0.566. The monoisotopic (exact) mass is 499 g/mol. The zero-order chi connectivity index (χ0) is 23.2. The second kappa shape index (κ2) is 8.99. The van der Waals surface area contributed by atoms with Crippen LogP contribution >= 0.6 is 0 Å². The Morgan fingerprint density at radius 2 is 1.91 bits per heavy atom. The van der Waals surface area contributed by atoms with Crippen molar-refractivity contribution in [3.8, 4) is 11.5 Å². The van der Waals surface area contributed by atoms with Crippen molar-refractivity contribution in [2.75, 3.05) is 44.5 Å². The first-order valence-electron chi connectivity index (χ1n) is 11.9. The van der Waals surface area contributed by atoms with Crippen LogP contribution in [0, 0.1) is 5.92 Å². The molecule has 3 atom stereocenters. The van der Waals surface area contributed by atoms with Crippen LogP contribution in [0.25, 0.3) is 0 Å². The molecule has 1 N–H and O–H groups in total. The van der Waals surface area contributed by atoms with Crippen molar-refractivity contribution in [2.24, 2.45) is 5.92 Å². The third kappa shape index (κ3) is 4.62. The molecule has 4 aliphatic heterocycles. The molecule has 1 aromatic rings. The van der Waals surface area contributed by atoms with Crippen molar-refractivity contribution < 1.29 is 26.3 Å². The van der Waals surface area contributed by atoms with Gasteiger partial charge in [-0.05, 0) is 68.2 Å². The fraction of sp³-hybridized carbons (Fsp3) is 0.727. The van der Waals surface area contributed by atoms with Gasteiger partial charge in [-0.3, -0.25) is 4.90 Å². The average molecular weight is 500 g/mol. The molecule has 0 amide bonds. The molecule has 0 saturated carbocycles. The number of rotatable bonds is 7. The summed E-state index contributed by atoms with van der Waals surface area (Å²) in [6.45, 7) is 4.39. The van der Waals surface area contributed by atoms with Gasteiger partial charge in [0.25, 0.3) is 0 Å². The standard InChI is InChI=1S/C22H33N3O6S2/c1-2-32(26,27)23-7-4-10-33(28,29)25-8-3-5-17-14-24-9-6-16-11-21-22(31-15-30-21)12-18(16)20(24)13-19(17)25/h11-12,17,19-20,23H,2-10,13-15H2,1H3/t17-,19+,20+/m1/s1. The normalized spacial score (nSPS) is 27.6. The van der Waals surface area contributed by atoms with Crippen LogP contribution in [-0.4, -0.2) is 76.6 Å². The number of piperidine rings is 2. The lowest BCUT2D eigenvalue weighted by Crippen LogP contribution is -2.57. The number of nitrogens with zero attached hydrogens (tertiary/aromatic N) is 2.